The highest BCUT2D eigenvalue weighted by atomic mass is 19.1. The second-order valence-corrected chi connectivity index (χ2v) is 4.39. The second-order valence-electron chi connectivity index (χ2n) is 4.39. The van der Waals surface area contributed by atoms with Gasteiger partial charge in [-0.3, -0.25) is 16.3 Å². The van der Waals surface area contributed by atoms with E-state index in [1.54, 1.807) is 12.1 Å². The third-order valence-electron chi connectivity index (χ3n) is 3.11. The van der Waals surface area contributed by atoms with Crippen molar-refractivity contribution in [2.24, 2.45) is 5.84 Å². The topological polar surface area (TPSA) is 50.9 Å². The maximum absolute atomic E-state index is 13.7. The Hall–Kier alpha value is -1.85. The van der Waals surface area contributed by atoms with Crippen molar-refractivity contribution in [2.75, 3.05) is 0 Å². The van der Waals surface area contributed by atoms with E-state index in [-0.39, 0.29) is 11.9 Å². The zero-order valence-corrected chi connectivity index (χ0v) is 10.5. The fourth-order valence-corrected chi connectivity index (χ4v) is 2.04. The first kappa shape index (κ1) is 13.6. The van der Waals surface area contributed by atoms with Gasteiger partial charge in [0.15, 0.2) is 0 Å². The van der Waals surface area contributed by atoms with Crippen LogP contribution in [0.3, 0.4) is 0 Å². The van der Waals surface area contributed by atoms with Gasteiger partial charge in [0.05, 0.1) is 12.2 Å². The Kier molecular flexibility index (Phi) is 4.19. The molecule has 0 radical (unpaired) electrons. The third-order valence-corrected chi connectivity index (χ3v) is 3.11. The molecular formula is C14H15F2N3. The largest absolute Gasteiger partial charge is 0.271 e. The number of benzene rings is 1. The number of aryl methyl sites for hydroxylation is 1. The molecule has 0 fully saturated rings. The molecule has 0 bridgehead atoms. The first-order valence-electron chi connectivity index (χ1n) is 5.92. The van der Waals surface area contributed by atoms with Crippen molar-refractivity contribution in [3.63, 3.8) is 0 Å². The molecule has 0 saturated carbocycles. The van der Waals surface area contributed by atoms with Gasteiger partial charge in [-0.2, -0.15) is 0 Å². The zero-order valence-electron chi connectivity index (χ0n) is 10.5. The molecule has 0 aliphatic heterocycles. The average Bonchev–Trinajstić information content (AvgIpc) is 2.39. The third kappa shape index (κ3) is 3.13. The SMILES string of the molecule is Cc1cc(F)ccc1CC(NN)c1ccncc1F. The van der Waals surface area contributed by atoms with Gasteiger partial charge in [-0.15, -0.1) is 0 Å². The highest BCUT2D eigenvalue weighted by molar-refractivity contribution is 5.29. The Balaban J connectivity index is 2.27. The van der Waals surface area contributed by atoms with Gasteiger partial charge in [0.1, 0.15) is 11.6 Å². The first-order chi connectivity index (χ1) is 9.11. The summed E-state index contributed by atoms with van der Waals surface area (Å²) >= 11 is 0. The number of halogens is 2. The van der Waals surface area contributed by atoms with E-state index in [1.165, 1.54) is 18.3 Å². The van der Waals surface area contributed by atoms with Gasteiger partial charge in [-0.25, -0.2) is 8.78 Å². The lowest BCUT2D eigenvalue weighted by molar-refractivity contribution is 0.506. The molecular weight excluding hydrogens is 248 g/mol. The summed E-state index contributed by atoms with van der Waals surface area (Å²) in [4.78, 5) is 3.70. The van der Waals surface area contributed by atoms with E-state index in [9.17, 15) is 8.78 Å². The van der Waals surface area contributed by atoms with Gasteiger partial charge in [0.25, 0.3) is 0 Å². The summed E-state index contributed by atoms with van der Waals surface area (Å²) in [6.45, 7) is 1.81. The van der Waals surface area contributed by atoms with Crippen molar-refractivity contribution in [3.05, 3.63) is 65.0 Å². The quantitative estimate of drug-likeness (QED) is 0.658. The van der Waals surface area contributed by atoms with E-state index >= 15 is 0 Å². The lowest BCUT2D eigenvalue weighted by Crippen LogP contribution is -2.30. The molecule has 3 N–H and O–H groups in total. The number of hydrogen-bond acceptors (Lipinski definition) is 3. The molecule has 0 amide bonds. The van der Waals surface area contributed by atoms with Crippen molar-refractivity contribution in [1.82, 2.24) is 10.4 Å². The highest BCUT2D eigenvalue weighted by Crippen LogP contribution is 2.22. The van der Waals surface area contributed by atoms with Gasteiger partial charge < -0.3 is 0 Å². The Labute approximate surface area is 110 Å². The summed E-state index contributed by atoms with van der Waals surface area (Å²) in [6, 6.07) is 5.73. The van der Waals surface area contributed by atoms with Gasteiger partial charge in [0, 0.05) is 11.8 Å². The monoisotopic (exact) mass is 263 g/mol. The standard InChI is InChI=1S/C14H15F2N3/c1-9-6-11(15)3-2-10(9)7-14(19-17)12-4-5-18-8-13(12)16/h2-6,8,14,19H,7,17H2,1H3. The van der Waals surface area contributed by atoms with E-state index < -0.39 is 5.82 Å². The molecule has 2 aromatic rings. The van der Waals surface area contributed by atoms with Gasteiger partial charge >= 0.3 is 0 Å². The van der Waals surface area contributed by atoms with Crippen LogP contribution in [0.5, 0.6) is 0 Å². The fourth-order valence-electron chi connectivity index (χ4n) is 2.04. The second kappa shape index (κ2) is 5.86. The van der Waals surface area contributed by atoms with Crippen LogP contribution in [0, 0.1) is 18.6 Å². The maximum Gasteiger partial charge on any atom is 0.146 e. The molecule has 0 saturated heterocycles. The lowest BCUT2D eigenvalue weighted by Gasteiger charge is -2.18. The summed E-state index contributed by atoms with van der Waals surface area (Å²) in [5.74, 6) is 4.79. The number of hydrazine groups is 1. The molecule has 1 atom stereocenters. The number of nitrogens with two attached hydrogens (primary N) is 1. The van der Waals surface area contributed by atoms with E-state index in [0.717, 1.165) is 17.3 Å². The van der Waals surface area contributed by atoms with Gasteiger partial charge in [-0.1, -0.05) is 6.07 Å². The normalized spacial score (nSPS) is 12.4. The Morgan fingerprint density at radius 1 is 1.32 bits per heavy atom. The van der Waals surface area contributed by atoms with Crippen molar-refractivity contribution in [3.8, 4) is 0 Å². The molecule has 2 rings (SSSR count). The van der Waals surface area contributed by atoms with Crippen LogP contribution < -0.4 is 11.3 Å². The van der Waals surface area contributed by atoms with Crippen molar-refractivity contribution in [2.45, 2.75) is 19.4 Å². The van der Waals surface area contributed by atoms with E-state index in [0.29, 0.717) is 12.0 Å². The molecule has 1 aromatic carbocycles. The number of nitrogens with one attached hydrogen (secondary N) is 1. The minimum atomic E-state index is -0.412. The molecule has 3 nitrogen and oxygen atoms in total. The van der Waals surface area contributed by atoms with Crippen LogP contribution >= 0.6 is 0 Å². The summed E-state index contributed by atoms with van der Waals surface area (Å²) in [6.07, 6.45) is 3.14. The molecule has 5 heteroatoms. The van der Waals surface area contributed by atoms with Crippen LogP contribution in [0.1, 0.15) is 22.7 Å². The fraction of sp³-hybridized carbons (Fsp3) is 0.214. The number of aromatic nitrogens is 1. The Bertz CT molecular complexity index is 572. The average molecular weight is 263 g/mol. The van der Waals surface area contributed by atoms with Crippen LogP contribution in [0.25, 0.3) is 0 Å². The summed E-state index contributed by atoms with van der Waals surface area (Å²) in [5.41, 5.74) is 4.77. The van der Waals surface area contributed by atoms with Crippen LogP contribution in [0.15, 0.2) is 36.7 Å². The zero-order chi connectivity index (χ0) is 13.8. The van der Waals surface area contributed by atoms with Crippen LogP contribution in [0.2, 0.25) is 0 Å². The predicted octanol–water partition coefficient (Wildman–Crippen LogP) is 2.42. The number of rotatable bonds is 4. The highest BCUT2D eigenvalue weighted by Gasteiger charge is 2.16. The minimum absolute atomic E-state index is 0.284. The first-order valence-corrected chi connectivity index (χ1v) is 5.92. The predicted molar refractivity (Wildman–Crippen MR) is 69.1 cm³/mol. The summed E-state index contributed by atoms with van der Waals surface area (Å²) in [7, 11) is 0. The summed E-state index contributed by atoms with van der Waals surface area (Å²) in [5, 5.41) is 0. The molecule has 0 spiro atoms. The van der Waals surface area contributed by atoms with Crippen LogP contribution in [-0.4, -0.2) is 4.98 Å². The van der Waals surface area contributed by atoms with Gasteiger partial charge in [0.2, 0.25) is 0 Å². The van der Waals surface area contributed by atoms with Crippen molar-refractivity contribution in [1.29, 1.82) is 0 Å². The van der Waals surface area contributed by atoms with E-state index in [1.807, 2.05) is 6.92 Å². The smallest absolute Gasteiger partial charge is 0.146 e. The number of pyridine rings is 1. The number of nitrogens with zero attached hydrogens (tertiary/aromatic N) is 1. The molecule has 1 unspecified atom stereocenters. The van der Waals surface area contributed by atoms with Crippen molar-refractivity contribution < 1.29 is 8.78 Å². The maximum atomic E-state index is 13.7. The lowest BCUT2D eigenvalue weighted by atomic mass is 9.97. The molecule has 100 valence electrons. The molecule has 1 aromatic heterocycles. The minimum Gasteiger partial charge on any atom is -0.271 e. The Morgan fingerprint density at radius 2 is 2.11 bits per heavy atom. The van der Waals surface area contributed by atoms with E-state index in [4.69, 9.17) is 5.84 Å². The molecule has 0 aliphatic rings. The molecule has 0 aliphatic carbocycles. The summed E-state index contributed by atoms with van der Waals surface area (Å²) < 4.78 is 26.7. The van der Waals surface area contributed by atoms with Crippen molar-refractivity contribution >= 4 is 0 Å². The van der Waals surface area contributed by atoms with Crippen LogP contribution in [-0.2, 0) is 6.42 Å². The Morgan fingerprint density at radius 3 is 2.74 bits per heavy atom. The van der Waals surface area contributed by atoms with Gasteiger partial charge in [-0.05, 0) is 42.7 Å². The molecule has 19 heavy (non-hydrogen) atoms. The molecule has 1 heterocycles. The number of hydrogen-bond donors (Lipinski definition) is 2. The van der Waals surface area contributed by atoms with E-state index in [2.05, 4.69) is 10.4 Å². The van der Waals surface area contributed by atoms with Crippen LogP contribution in [0.4, 0.5) is 8.78 Å².